The summed E-state index contributed by atoms with van der Waals surface area (Å²) in [5.41, 5.74) is 1.40. The molecule has 0 atom stereocenters. The number of carbonyl (C=O) groups excluding carboxylic acids is 2. The van der Waals surface area contributed by atoms with Gasteiger partial charge in [-0.2, -0.15) is 5.10 Å². The Kier molecular flexibility index (Phi) is 5.42. The van der Waals surface area contributed by atoms with E-state index in [0.29, 0.717) is 17.4 Å². The fourth-order valence-electron chi connectivity index (χ4n) is 1.66. The maximum Gasteiger partial charge on any atom is 0.311 e. The number of nitrogens with zero attached hydrogens (tertiary/aromatic N) is 3. The second-order valence-corrected chi connectivity index (χ2v) is 5.19. The van der Waals surface area contributed by atoms with Crippen LogP contribution in [0.3, 0.4) is 0 Å². The first-order chi connectivity index (χ1) is 10.6. The molecule has 7 nitrogen and oxygen atoms in total. The highest BCUT2D eigenvalue weighted by Crippen LogP contribution is 2.16. The van der Waals surface area contributed by atoms with Crippen LogP contribution in [0.1, 0.15) is 18.3 Å². The number of esters is 1. The van der Waals surface area contributed by atoms with Gasteiger partial charge in [0.05, 0.1) is 24.4 Å². The molecule has 1 amide bonds. The van der Waals surface area contributed by atoms with Crippen molar-refractivity contribution >= 4 is 34.4 Å². The zero-order valence-corrected chi connectivity index (χ0v) is 13.1. The SMILES string of the molecule is CCOC(=O)Cc1csc(NC(=O)/C=C/c2ccnn2C)n1. The molecule has 0 aliphatic rings. The quantitative estimate of drug-likeness (QED) is 0.646. The van der Waals surface area contributed by atoms with Crippen molar-refractivity contribution in [3.05, 3.63) is 35.1 Å². The molecule has 2 rings (SSSR count). The molecular formula is C14H16N4O3S. The largest absolute Gasteiger partial charge is 0.466 e. The van der Waals surface area contributed by atoms with Crippen LogP contribution >= 0.6 is 11.3 Å². The molecule has 2 aromatic heterocycles. The van der Waals surface area contributed by atoms with E-state index in [9.17, 15) is 9.59 Å². The highest BCUT2D eigenvalue weighted by atomic mass is 32.1. The van der Waals surface area contributed by atoms with Crippen molar-refractivity contribution in [3.8, 4) is 0 Å². The third-order valence-corrected chi connectivity index (χ3v) is 3.48. The lowest BCUT2D eigenvalue weighted by molar-refractivity contribution is -0.142. The standard InChI is InChI=1S/C14H16N4O3S/c1-3-21-13(20)8-10-9-22-14(16-10)17-12(19)5-4-11-6-7-15-18(11)2/h4-7,9H,3,8H2,1-2H3,(H,16,17,19)/b5-4+. The number of anilines is 1. The predicted molar refractivity (Wildman–Crippen MR) is 83.3 cm³/mol. The molecule has 2 heterocycles. The van der Waals surface area contributed by atoms with Gasteiger partial charge < -0.3 is 4.74 Å². The van der Waals surface area contributed by atoms with Gasteiger partial charge in [-0.25, -0.2) is 4.98 Å². The summed E-state index contributed by atoms with van der Waals surface area (Å²) < 4.78 is 6.50. The summed E-state index contributed by atoms with van der Waals surface area (Å²) in [4.78, 5) is 27.3. The molecule has 0 aliphatic carbocycles. The second kappa shape index (κ2) is 7.51. The van der Waals surface area contributed by atoms with Gasteiger partial charge in [0, 0.05) is 24.7 Å². The van der Waals surface area contributed by atoms with E-state index in [0.717, 1.165) is 5.69 Å². The molecule has 116 valence electrons. The van der Waals surface area contributed by atoms with E-state index in [2.05, 4.69) is 15.4 Å². The molecule has 0 radical (unpaired) electrons. The number of ether oxygens (including phenoxy) is 1. The first-order valence-corrected chi connectivity index (χ1v) is 7.53. The van der Waals surface area contributed by atoms with E-state index in [1.54, 1.807) is 42.4 Å². The molecule has 0 saturated heterocycles. The van der Waals surface area contributed by atoms with Crippen molar-refractivity contribution in [3.63, 3.8) is 0 Å². The number of thiazole rings is 1. The van der Waals surface area contributed by atoms with E-state index in [1.807, 2.05) is 0 Å². The van der Waals surface area contributed by atoms with Gasteiger partial charge in [-0.15, -0.1) is 11.3 Å². The molecule has 0 saturated carbocycles. The Morgan fingerprint density at radius 3 is 3.00 bits per heavy atom. The summed E-state index contributed by atoms with van der Waals surface area (Å²) in [6, 6.07) is 1.80. The van der Waals surface area contributed by atoms with Gasteiger partial charge in [0.25, 0.3) is 0 Å². The Bertz CT molecular complexity index is 690. The van der Waals surface area contributed by atoms with Crippen molar-refractivity contribution in [2.24, 2.45) is 7.05 Å². The molecule has 0 fully saturated rings. The third kappa shape index (κ3) is 4.52. The summed E-state index contributed by atoms with van der Waals surface area (Å²) in [5, 5.41) is 8.82. The molecule has 2 aromatic rings. The van der Waals surface area contributed by atoms with Crippen molar-refractivity contribution in [2.45, 2.75) is 13.3 Å². The molecule has 1 N–H and O–H groups in total. The Morgan fingerprint density at radius 1 is 1.50 bits per heavy atom. The van der Waals surface area contributed by atoms with Crippen LogP contribution in [0.2, 0.25) is 0 Å². The minimum absolute atomic E-state index is 0.102. The summed E-state index contributed by atoms with van der Waals surface area (Å²) in [6.45, 7) is 2.09. The number of hydrogen-bond acceptors (Lipinski definition) is 6. The fraction of sp³-hybridized carbons (Fsp3) is 0.286. The van der Waals surface area contributed by atoms with Crippen molar-refractivity contribution in [2.75, 3.05) is 11.9 Å². The highest BCUT2D eigenvalue weighted by molar-refractivity contribution is 7.14. The molecule has 0 spiro atoms. The lowest BCUT2D eigenvalue weighted by Crippen LogP contribution is -2.09. The molecular weight excluding hydrogens is 304 g/mol. The smallest absolute Gasteiger partial charge is 0.311 e. The average molecular weight is 320 g/mol. The van der Waals surface area contributed by atoms with E-state index < -0.39 is 0 Å². The lowest BCUT2D eigenvalue weighted by atomic mass is 10.3. The predicted octanol–water partition coefficient (Wildman–Crippen LogP) is 1.63. The molecule has 0 unspecified atom stereocenters. The van der Waals surface area contributed by atoms with E-state index >= 15 is 0 Å². The number of aryl methyl sites for hydroxylation is 1. The van der Waals surface area contributed by atoms with Crippen molar-refractivity contribution in [1.29, 1.82) is 0 Å². The highest BCUT2D eigenvalue weighted by Gasteiger charge is 2.09. The Labute approximate surface area is 131 Å². The number of rotatable bonds is 6. The Hall–Kier alpha value is -2.48. The number of carbonyl (C=O) groups is 2. The van der Waals surface area contributed by atoms with Gasteiger partial charge in [-0.3, -0.25) is 19.6 Å². The van der Waals surface area contributed by atoms with Crippen LogP contribution < -0.4 is 5.32 Å². The van der Waals surface area contributed by atoms with Crippen LogP contribution in [0, 0.1) is 0 Å². The zero-order chi connectivity index (χ0) is 15.9. The van der Waals surface area contributed by atoms with Crippen molar-refractivity contribution in [1.82, 2.24) is 14.8 Å². The molecule has 0 bridgehead atoms. The minimum Gasteiger partial charge on any atom is -0.466 e. The minimum atomic E-state index is -0.332. The first kappa shape index (κ1) is 15.9. The Morgan fingerprint density at radius 2 is 2.32 bits per heavy atom. The number of hydrogen-bond donors (Lipinski definition) is 1. The Balaban J connectivity index is 1.89. The summed E-state index contributed by atoms with van der Waals surface area (Å²) in [5.74, 6) is -0.625. The molecule has 0 aliphatic heterocycles. The third-order valence-electron chi connectivity index (χ3n) is 2.68. The molecule has 22 heavy (non-hydrogen) atoms. The lowest BCUT2D eigenvalue weighted by Gasteiger charge is -1.98. The number of nitrogens with one attached hydrogen (secondary N) is 1. The molecule has 0 aromatic carbocycles. The summed E-state index contributed by atoms with van der Waals surface area (Å²) >= 11 is 1.26. The maximum atomic E-state index is 11.8. The van der Waals surface area contributed by atoms with Crippen LogP contribution in [0.25, 0.3) is 6.08 Å². The number of amides is 1. The average Bonchev–Trinajstić information content (AvgIpc) is 3.06. The van der Waals surface area contributed by atoms with E-state index in [-0.39, 0.29) is 18.3 Å². The first-order valence-electron chi connectivity index (χ1n) is 6.65. The topological polar surface area (TPSA) is 86.1 Å². The van der Waals surface area contributed by atoms with Gasteiger partial charge >= 0.3 is 5.97 Å². The van der Waals surface area contributed by atoms with Crippen LogP contribution in [0.15, 0.2) is 23.7 Å². The van der Waals surface area contributed by atoms with Crippen LogP contribution in [0.4, 0.5) is 5.13 Å². The fourth-order valence-corrected chi connectivity index (χ4v) is 2.37. The zero-order valence-electron chi connectivity index (χ0n) is 12.3. The van der Waals surface area contributed by atoms with Crippen LogP contribution in [0.5, 0.6) is 0 Å². The van der Waals surface area contributed by atoms with Crippen molar-refractivity contribution < 1.29 is 14.3 Å². The summed E-state index contributed by atoms with van der Waals surface area (Å²) in [6.07, 6.45) is 4.82. The molecule has 8 heteroatoms. The van der Waals surface area contributed by atoms with Gasteiger partial charge in [0.15, 0.2) is 5.13 Å². The van der Waals surface area contributed by atoms with Gasteiger partial charge in [-0.1, -0.05) is 0 Å². The number of aromatic nitrogens is 3. The van der Waals surface area contributed by atoms with E-state index in [1.165, 1.54) is 17.4 Å². The van der Waals surface area contributed by atoms with Crippen LogP contribution in [-0.2, 0) is 27.8 Å². The van der Waals surface area contributed by atoms with E-state index in [4.69, 9.17) is 4.74 Å². The van der Waals surface area contributed by atoms with Gasteiger partial charge in [-0.05, 0) is 19.1 Å². The normalized spacial score (nSPS) is 10.8. The second-order valence-electron chi connectivity index (χ2n) is 4.33. The van der Waals surface area contributed by atoms with Crippen LogP contribution in [-0.4, -0.2) is 33.2 Å². The maximum absolute atomic E-state index is 11.8. The monoisotopic (exact) mass is 320 g/mol. The van der Waals surface area contributed by atoms with Gasteiger partial charge in [0.1, 0.15) is 0 Å². The summed E-state index contributed by atoms with van der Waals surface area (Å²) in [7, 11) is 1.79. The van der Waals surface area contributed by atoms with Gasteiger partial charge in [0.2, 0.25) is 5.91 Å².